The van der Waals surface area contributed by atoms with Crippen molar-refractivity contribution in [2.75, 3.05) is 21.3 Å². The van der Waals surface area contributed by atoms with Gasteiger partial charge >= 0.3 is 8.80 Å². The van der Waals surface area contributed by atoms with E-state index in [4.69, 9.17) is 17.7 Å². The van der Waals surface area contributed by atoms with Gasteiger partial charge in [0.25, 0.3) is 0 Å². The molecular formula is C8H22O4Si2. The van der Waals surface area contributed by atoms with Gasteiger partial charge in [-0.05, 0) is 19.9 Å². The maximum absolute atomic E-state index is 5.57. The van der Waals surface area contributed by atoms with Crippen LogP contribution in [0.3, 0.4) is 0 Å². The first-order valence-electron chi connectivity index (χ1n) is 4.87. The number of hydrogen-bond donors (Lipinski definition) is 0. The van der Waals surface area contributed by atoms with Crippen LogP contribution in [0.15, 0.2) is 0 Å². The summed E-state index contributed by atoms with van der Waals surface area (Å²) in [6.07, 6.45) is 0.338. The normalized spacial score (nSPS) is 13.3. The van der Waals surface area contributed by atoms with Gasteiger partial charge in [0.05, 0.1) is 0 Å². The van der Waals surface area contributed by atoms with Crippen molar-refractivity contribution >= 4 is 18.6 Å². The first kappa shape index (κ1) is 14.3. The smallest absolute Gasteiger partial charge is 0.422 e. The average Bonchev–Trinajstić information content (AvgIpc) is 2.19. The summed E-state index contributed by atoms with van der Waals surface area (Å²) in [7, 11) is 2.14. The molecule has 0 atom stereocenters. The zero-order chi connectivity index (χ0) is 11.0. The first-order chi connectivity index (χ1) is 6.60. The van der Waals surface area contributed by atoms with Crippen molar-refractivity contribution in [1.29, 1.82) is 0 Å². The summed E-state index contributed by atoms with van der Waals surface area (Å²) in [6, 6.07) is 1.90. The molecule has 0 aromatic heterocycles. The summed E-state index contributed by atoms with van der Waals surface area (Å²) in [5.41, 5.74) is 0. The molecule has 0 amide bonds. The highest BCUT2D eigenvalue weighted by Crippen LogP contribution is 2.15. The molecule has 0 aromatic carbocycles. The van der Waals surface area contributed by atoms with E-state index >= 15 is 0 Å². The van der Waals surface area contributed by atoms with Crippen LogP contribution in [0, 0.1) is 0 Å². The molecule has 0 fully saturated rings. The molecule has 4 nitrogen and oxygen atoms in total. The van der Waals surface area contributed by atoms with Gasteiger partial charge in [-0.1, -0.05) is 0 Å². The monoisotopic (exact) mass is 238 g/mol. The summed E-state index contributed by atoms with van der Waals surface area (Å²) in [5.74, 6) is 0. The van der Waals surface area contributed by atoms with Gasteiger partial charge in [0.1, 0.15) is 0 Å². The Morgan fingerprint density at radius 3 is 1.93 bits per heavy atom. The Hall–Kier alpha value is 0.274. The van der Waals surface area contributed by atoms with E-state index < -0.39 is 18.6 Å². The van der Waals surface area contributed by atoms with E-state index in [1.54, 1.807) is 21.3 Å². The highest BCUT2D eigenvalue weighted by Gasteiger charge is 2.36. The predicted molar refractivity (Wildman–Crippen MR) is 61.2 cm³/mol. The van der Waals surface area contributed by atoms with Gasteiger partial charge in [0.15, 0.2) is 9.76 Å². The van der Waals surface area contributed by atoms with Crippen LogP contribution in [-0.2, 0) is 17.7 Å². The molecule has 0 radical (unpaired) electrons. The van der Waals surface area contributed by atoms with Crippen molar-refractivity contribution in [3.63, 3.8) is 0 Å². The van der Waals surface area contributed by atoms with Crippen LogP contribution < -0.4 is 0 Å². The lowest BCUT2D eigenvalue weighted by molar-refractivity contribution is 0.124. The Morgan fingerprint density at radius 1 is 1.07 bits per heavy atom. The fraction of sp³-hybridized carbons (Fsp3) is 1.00. The van der Waals surface area contributed by atoms with E-state index in [-0.39, 0.29) is 0 Å². The Morgan fingerprint density at radius 2 is 1.57 bits per heavy atom. The third kappa shape index (κ3) is 5.23. The summed E-state index contributed by atoms with van der Waals surface area (Å²) in [6.45, 7) is 4.11. The SMILES string of the molecule is CO[Si](CC[SiH2]OC(C)C)(OC)OC. The van der Waals surface area contributed by atoms with E-state index in [0.29, 0.717) is 6.10 Å². The lowest BCUT2D eigenvalue weighted by atomic mass is 10.5. The number of hydrogen-bond acceptors (Lipinski definition) is 4. The maximum atomic E-state index is 5.57. The maximum Gasteiger partial charge on any atom is 0.499 e. The minimum Gasteiger partial charge on any atom is -0.422 e. The minimum atomic E-state index is -2.33. The van der Waals surface area contributed by atoms with Crippen LogP contribution in [0.4, 0.5) is 0 Å². The first-order valence-corrected chi connectivity index (χ1v) is 8.38. The molecule has 6 heteroatoms. The van der Waals surface area contributed by atoms with Crippen LogP contribution in [0.2, 0.25) is 12.1 Å². The highest BCUT2D eigenvalue weighted by molar-refractivity contribution is 6.61. The second-order valence-corrected chi connectivity index (χ2v) is 7.86. The van der Waals surface area contributed by atoms with Crippen LogP contribution in [0.25, 0.3) is 0 Å². The Bertz CT molecular complexity index is 131. The molecule has 0 aliphatic rings. The zero-order valence-electron chi connectivity index (χ0n) is 9.83. The van der Waals surface area contributed by atoms with Crippen molar-refractivity contribution < 1.29 is 17.7 Å². The van der Waals surface area contributed by atoms with Crippen LogP contribution >= 0.6 is 0 Å². The van der Waals surface area contributed by atoms with Gasteiger partial charge in [-0.3, -0.25) is 0 Å². The van der Waals surface area contributed by atoms with Crippen molar-refractivity contribution in [2.24, 2.45) is 0 Å². The summed E-state index contributed by atoms with van der Waals surface area (Å²) in [5, 5.41) is 0. The second kappa shape index (κ2) is 7.55. The van der Waals surface area contributed by atoms with Gasteiger partial charge in [-0.25, -0.2) is 0 Å². The number of rotatable bonds is 8. The summed E-state index contributed by atoms with van der Waals surface area (Å²) >= 11 is 0. The molecule has 14 heavy (non-hydrogen) atoms. The van der Waals surface area contributed by atoms with Gasteiger partial charge in [0.2, 0.25) is 0 Å². The quantitative estimate of drug-likeness (QED) is 0.463. The van der Waals surface area contributed by atoms with Crippen molar-refractivity contribution in [1.82, 2.24) is 0 Å². The van der Waals surface area contributed by atoms with Crippen molar-refractivity contribution in [2.45, 2.75) is 32.0 Å². The molecule has 0 aliphatic heterocycles. The largest absolute Gasteiger partial charge is 0.499 e. The van der Waals surface area contributed by atoms with Gasteiger partial charge in [0, 0.05) is 33.5 Å². The molecule has 0 spiro atoms. The predicted octanol–water partition coefficient (Wildman–Crippen LogP) is 0.792. The summed E-state index contributed by atoms with van der Waals surface area (Å²) < 4.78 is 21.5. The Kier molecular flexibility index (Phi) is 7.70. The average molecular weight is 238 g/mol. The topological polar surface area (TPSA) is 36.9 Å². The van der Waals surface area contributed by atoms with E-state index in [1.807, 2.05) is 0 Å². The van der Waals surface area contributed by atoms with Gasteiger partial charge in [-0.15, -0.1) is 0 Å². The second-order valence-electron chi connectivity index (χ2n) is 3.32. The molecule has 0 rings (SSSR count). The van der Waals surface area contributed by atoms with Crippen LogP contribution in [0.5, 0.6) is 0 Å². The molecule has 0 unspecified atom stereocenters. The molecule has 0 N–H and O–H groups in total. The van der Waals surface area contributed by atoms with Crippen LogP contribution in [0.1, 0.15) is 13.8 Å². The standard InChI is InChI=1S/C8H22O4Si2/c1-8(2)12-13-6-7-14(9-3,10-4)11-5/h8H,6-7,13H2,1-5H3. The lowest BCUT2D eigenvalue weighted by Crippen LogP contribution is -2.42. The van der Waals surface area contributed by atoms with E-state index in [0.717, 1.165) is 12.1 Å². The Labute approximate surface area is 90.2 Å². The lowest BCUT2D eigenvalue weighted by Gasteiger charge is -2.24. The molecular weight excluding hydrogens is 216 g/mol. The Balaban J connectivity index is 3.71. The molecule has 86 valence electrons. The molecule has 0 saturated heterocycles. The molecule has 0 saturated carbocycles. The highest BCUT2D eigenvalue weighted by atomic mass is 28.4. The van der Waals surface area contributed by atoms with E-state index in [1.165, 1.54) is 0 Å². The third-order valence-corrected chi connectivity index (χ3v) is 7.10. The van der Waals surface area contributed by atoms with Crippen molar-refractivity contribution in [3.8, 4) is 0 Å². The molecule has 0 aromatic rings. The fourth-order valence-electron chi connectivity index (χ4n) is 1.16. The minimum absolute atomic E-state index is 0.338. The molecule has 0 aliphatic carbocycles. The van der Waals surface area contributed by atoms with Crippen LogP contribution in [-0.4, -0.2) is 46.0 Å². The third-order valence-electron chi connectivity index (χ3n) is 2.01. The van der Waals surface area contributed by atoms with Gasteiger partial charge < -0.3 is 17.7 Å². The summed E-state index contributed by atoms with van der Waals surface area (Å²) in [4.78, 5) is 0. The van der Waals surface area contributed by atoms with Gasteiger partial charge in [-0.2, -0.15) is 0 Å². The fourth-order valence-corrected chi connectivity index (χ4v) is 5.22. The van der Waals surface area contributed by atoms with E-state index in [2.05, 4.69) is 13.8 Å². The van der Waals surface area contributed by atoms with Crippen molar-refractivity contribution in [3.05, 3.63) is 0 Å². The van der Waals surface area contributed by atoms with E-state index in [9.17, 15) is 0 Å². The molecule has 0 heterocycles. The zero-order valence-corrected chi connectivity index (χ0v) is 12.2. The molecule has 0 bridgehead atoms.